The van der Waals surface area contributed by atoms with Crippen LogP contribution in [-0.4, -0.2) is 35.4 Å². The minimum absolute atomic E-state index is 0.260. The predicted octanol–water partition coefficient (Wildman–Crippen LogP) is 1.94. The third kappa shape index (κ3) is 3.26. The van der Waals surface area contributed by atoms with Crippen molar-refractivity contribution in [2.24, 2.45) is 0 Å². The Balaban J connectivity index is 3.09. The molecule has 1 aromatic heterocycles. The van der Waals surface area contributed by atoms with E-state index in [2.05, 4.69) is 4.98 Å². The lowest BCUT2D eigenvalue weighted by molar-refractivity contribution is -0.143. The third-order valence-electron chi connectivity index (χ3n) is 2.88. The smallest absolute Gasteiger partial charge is 0.340 e. The number of H-pyrrole nitrogens is 1. The molecular formula is C14H19NO5. The van der Waals surface area contributed by atoms with Gasteiger partial charge in [0.25, 0.3) is 0 Å². The summed E-state index contributed by atoms with van der Waals surface area (Å²) < 4.78 is 9.81. The molecule has 6 nitrogen and oxygen atoms in total. The van der Waals surface area contributed by atoms with E-state index in [9.17, 15) is 14.4 Å². The summed E-state index contributed by atoms with van der Waals surface area (Å²) in [5.41, 5.74) is 1.67. The number of aromatic amines is 1. The van der Waals surface area contributed by atoms with E-state index in [0.717, 1.165) is 0 Å². The third-order valence-corrected chi connectivity index (χ3v) is 2.88. The van der Waals surface area contributed by atoms with Gasteiger partial charge < -0.3 is 14.5 Å². The van der Waals surface area contributed by atoms with E-state index < -0.39 is 18.0 Å². The molecular weight excluding hydrogens is 262 g/mol. The van der Waals surface area contributed by atoms with Crippen LogP contribution in [0.3, 0.4) is 0 Å². The fourth-order valence-corrected chi connectivity index (χ4v) is 2.01. The summed E-state index contributed by atoms with van der Waals surface area (Å²) in [6.07, 6.45) is -0.903. The Labute approximate surface area is 117 Å². The van der Waals surface area contributed by atoms with Gasteiger partial charge in [0.2, 0.25) is 5.78 Å². The van der Waals surface area contributed by atoms with Crippen molar-refractivity contribution in [1.82, 2.24) is 4.98 Å². The van der Waals surface area contributed by atoms with E-state index in [4.69, 9.17) is 9.47 Å². The Morgan fingerprint density at radius 3 is 2.35 bits per heavy atom. The van der Waals surface area contributed by atoms with Crippen LogP contribution in [0.25, 0.3) is 0 Å². The number of rotatable bonds is 5. The SMILES string of the molecule is CCOC(=O)c1c(C)[nH]c(C(=O)[C@@H](C)OC(C)=O)c1C. The number of carbonyl (C=O) groups excluding carboxylic acids is 3. The van der Waals surface area contributed by atoms with E-state index in [1.165, 1.54) is 13.8 Å². The number of aromatic nitrogens is 1. The second kappa shape index (κ2) is 6.36. The topological polar surface area (TPSA) is 85.5 Å². The number of hydrogen-bond acceptors (Lipinski definition) is 5. The molecule has 0 saturated carbocycles. The largest absolute Gasteiger partial charge is 0.462 e. The van der Waals surface area contributed by atoms with E-state index in [1.807, 2.05) is 0 Å². The van der Waals surface area contributed by atoms with Crippen molar-refractivity contribution in [3.63, 3.8) is 0 Å². The van der Waals surface area contributed by atoms with Crippen molar-refractivity contribution in [3.8, 4) is 0 Å². The lowest BCUT2D eigenvalue weighted by Gasteiger charge is -2.10. The first-order valence-corrected chi connectivity index (χ1v) is 6.37. The van der Waals surface area contributed by atoms with Crippen LogP contribution in [-0.2, 0) is 14.3 Å². The van der Waals surface area contributed by atoms with Crippen LogP contribution in [0.2, 0.25) is 0 Å². The Bertz CT molecular complexity index is 544. The average Bonchev–Trinajstić information content (AvgIpc) is 2.63. The monoisotopic (exact) mass is 281 g/mol. The fraction of sp³-hybridized carbons (Fsp3) is 0.500. The first kappa shape index (κ1) is 15.9. The molecule has 1 N–H and O–H groups in total. The standard InChI is InChI=1S/C14H19NO5/c1-6-19-14(18)11-7(2)12(15-8(11)3)13(17)9(4)20-10(5)16/h9,15H,6H2,1-5H3/t9-/m1/s1. The first-order chi connectivity index (χ1) is 9.29. The average molecular weight is 281 g/mol. The summed E-state index contributed by atoms with van der Waals surface area (Å²) in [4.78, 5) is 37.8. The highest BCUT2D eigenvalue weighted by molar-refractivity contribution is 6.03. The molecule has 6 heteroatoms. The minimum atomic E-state index is -0.903. The zero-order valence-electron chi connectivity index (χ0n) is 12.3. The van der Waals surface area contributed by atoms with Crippen molar-refractivity contribution in [1.29, 1.82) is 0 Å². The van der Waals surface area contributed by atoms with Gasteiger partial charge in [-0.15, -0.1) is 0 Å². The lowest BCUT2D eigenvalue weighted by Crippen LogP contribution is -2.24. The van der Waals surface area contributed by atoms with Gasteiger partial charge in [0.15, 0.2) is 6.10 Å². The molecule has 110 valence electrons. The van der Waals surface area contributed by atoms with Gasteiger partial charge in [-0.3, -0.25) is 9.59 Å². The molecule has 1 rings (SSSR count). The van der Waals surface area contributed by atoms with Crippen molar-refractivity contribution < 1.29 is 23.9 Å². The number of esters is 2. The van der Waals surface area contributed by atoms with Crippen LogP contribution in [0.1, 0.15) is 52.9 Å². The molecule has 1 aromatic rings. The molecule has 1 atom stereocenters. The molecule has 0 spiro atoms. The Hall–Kier alpha value is -2.11. The van der Waals surface area contributed by atoms with Crippen molar-refractivity contribution in [2.75, 3.05) is 6.61 Å². The second-order valence-electron chi connectivity index (χ2n) is 4.46. The Morgan fingerprint density at radius 2 is 1.85 bits per heavy atom. The zero-order chi connectivity index (χ0) is 15.4. The number of hydrogen-bond donors (Lipinski definition) is 1. The highest BCUT2D eigenvalue weighted by Gasteiger charge is 2.26. The highest BCUT2D eigenvalue weighted by atomic mass is 16.5. The van der Waals surface area contributed by atoms with E-state index in [-0.39, 0.29) is 18.1 Å². The Kier molecular flexibility index (Phi) is 5.07. The summed E-state index contributed by atoms with van der Waals surface area (Å²) in [6.45, 7) is 8.04. The summed E-state index contributed by atoms with van der Waals surface area (Å²) in [6, 6.07) is 0. The first-order valence-electron chi connectivity index (χ1n) is 6.37. The molecule has 0 aliphatic carbocycles. The maximum atomic E-state index is 12.2. The van der Waals surface area contributed by atoms with Crippen molar-refractivity contribution in [3.05, 3.63) is 22.5 Å². The van der Waals surface area contributed by atoms with Gasteiger partial charge in [-0.1, -0.05) is 0 Å². The highest BCUT2D eigenvalue weighted by Crippen LogP contribution is 2.21. The van der Waals surface area contributed by atoms with Crippen molar-refractivity contribution in [2.45, 2.75) is 40.7 Å². The molecule has 0 aromatic carbocycles. The van der Waals surface area contributed by atoms with Crippen LogP contribution in [0.5, 0.6) is 0 Å². The molecule has 0 unspecified atom stereocenters. The van der Waals surface area contributed by atoms with Gasteiger partial charge in [-0.25, -0.2) is 4.79 Å². The van der Waals surface area contributed by atoms with E-state index in [1.54, 1.807) is 20.8 Å². The number of carbonyl (C=O) groups is 3. The second-order valence-corrected chi connectivity index (χ2v) is 4.46. The molecule has 0 fully saturated rings. The molecule has 0 radical (unpaired) electrons. The summed E-state index contributed by atoms with van der Waals surface area (Å²) in [7, 11) is 0. The molecule has 0 aliphatic rings. The molecule has 0 amide bonds. The molecule has 0 aliphatic heterocycles. The van der Waals surface area contributed by atoms with Gasteiger partial charge in [-0.2, -0.15) is 0 Å². The lowest BCUT2D eigenvalue weighted by atomic mass is 10.1. The summed E-state index contributed by atoms with van der Waals surface area (Å²) >= 11 is 0. The normalized spacial score (nSPS) is 11.8. The molecule has 0 saturated heterocycles. The number of nitrogens with one attached hydrogen (secondary N) is 1. The summed E-state index contributed by atoms with van der Waals surface area (Å²) in [5, 5.41) is 0. The number of ketones is 1. The predicted molar refractivity (Wildman–Crippen MR) is 71.8 cm³/mol. The molecule has 1 heterocycles. The maximum absolute atomic E-state index is 12.2. The van der Waals surface area contributed by atoms with Crippen LogP contribution >= 0.6 is 0 Å². The summed E-state index contributed by atoms with van der Waals surface area (Å²) in [5.74, 6) is -1.38. The number of aryl methyl sites for hydroxylation is 1. The minimum Gasteiger partial charge on any atom is -0.462 e. The van der Waals surface area contributed by atoms with Gasteiger partial charge >= 0.3 is 11.9 Å². The number of Topliss-reactive ketones (excluding diaryl/α,β-unsaturated/α-hetero) is 1. The maximum Gasteiger partial charge on any atom is 0.340 e. The zero-order valence-corrected chi connectivity index (χ0v) is 12.3. The van der Waals surface area contributed by atoms with Gasteiger partial charge in [-0.05, 0) is 33.3 Å². The van der Waals surface area contributed by atoms with E-state index in [0.29, 0.717) is 16.8 Å². The van der Waals surface area contributed by atoms with Crippen LogP contribution < -0.4 is 0 Å². The van der Waals surface area contributed by atoms with Crippen molar-refractivity contribution >= 4 is 17.7 Å². The molecule has 20 heavy (non-hydrogen) atoms. The van der Waals surface area contributed by atoms with E-state index >= 15 is 0 Å². The van der Waals surface area contributed by atoms with Crippen LogP contribution in [0, 0.1) is 13.8 Å². The van der Waals surface area contributed by atoms with Crippen LogP contribution in [0.4, 0.5) is 0 Å². The quantitative estimate of drug-likeness (QED) is 0.658. The van der Waals surface area contributed by atoms with Gasteiger partial charge in [0.05, 0.1) is 17.9 Å². The number of ether oxygens (including phenoxy) is 2. The van der Waals surface area contributed by atoms with Gasteiger partial charge in [0.1, 0.15) is 0 Å². The fourth-order valence-electron chi connectivity index (χ4n) is 2.01. The van der Waals surface area contributed by atoms with Crippen LogP contribution in [0.15, 0.2) is 0 Å². The Morgan fingerprint density at radius 1 is 1.25 bits per heavy atom. The molecule has 0 bridgehead atoms. The van der Waals surface area contributed by atoms with Gasteiger partial charge in [0, 0.05) is 12.6 Å².